The van der Waals surface area contributed by atoms with E-state index in [0.717, 1.165) is 22.5 Å². The zero-order valence-corrected chi connectivity index (χ0v) is 20.7. The number of ether oxygens (including phenoxy) is 2. The third-order valence-electron chi connectivity index (χ3n) is 5.33. The van der Waals surface area contributed by atoms with Gasteiger partial charge in [-0.25, -0.2) is 13.8 Å². The number of carbonyl (C=O) groups is 2. The maximum absolute atomic E-state index is 12.3. The normalized spacial score (nSPS) is 14.1. The molecule has 2 amide bonds. The van der Waals surface area contributed by atoms with Gasteiger partial charge >= 0.3 is 0 Å². The van der Waals surface area contributed by atoms with Crippen LogP contribution in [0, 0.1) is 0 Å². The Balaban J connectivity index is 1.50. The lowest BCUT2D eigenvalue weighted by atomic mass is 10.1. The standard InChI is InChI=1S/C24H30N4O6S/c1-3-19-4-8-21(9-5-19)28(35(2,31)32)17-23(29)26-25-16-20-6-10-22(11-7-20)34-18-24(30)27-12-14-33-15-13-27/h4-11,16H,3,12-15,17-18H2,1-2H3,(H,26,29)/b25-16-. The molecule has 0 atom stereocenters. The van der Waals surface area contributed by atoms with Gasteiger partial charge in [-0.1, -0.05) is 19.1 Å². The molecule has 1 aliphatic heterocycles. The molecule has 0 aliphatic carbocycles. The summed E-state index contributed by atoms with van der Waals surface area (Å²) in [5.41, 5.74) is 4.51. The average molecular weight is 503 g/mol. The van der Waals surface area contributed by atoms with Gasteiger partial charge in [0, 0.05) is 13.1 Å². The van der Waals surface area contributed by atoms with Gasteiger partial charge in [-0.3, -0.25) is 13.9 Å². The number of aryl methyl sites for hydroxylation is 1. The second kappa shape index (κ2) is 12.3. The number of morpholine rings is 1. The quantitative estimate of drug-likeness (QED) is 0.388. The van der Waals surface area contributed by atoms with Crippen LogP contribution >= 0.6 is 0 Å². The molecule has 2 aromatic carbocycles. The van der Waals surface area contributed by atoms with E-state index in [4.69, 9.17) is 9.47 Å². The van der Waals surface area contributed by atoms with Crippen LogP contribution in [0.15, 0.2) is 53.6 Å². The van der Waals surface area contributed by atoms with E-state index >= 15 is 0 Å². The maximum Gasteiger partial charge on any atom is 0.260 e. The van der Waals surface area contributed by atoms with Gasteiger partial charge in [0.15, 0.2) is 6.61 Å². The van der Waals surface area contributed by atoms with Crippen LogP contribution in [0.4, 0.5) is 5.69 Å². The van der Waals surface area contributed by atoms with Crippen LogP contribution in [-0.2, 0) is 30.8 Å². The highest BCUT2D eigenvalue weighted by molar-refractivity contribution is 7.92. The third kappa shape index (κ3) is 8.08. The molecular formula is C24H30N4O6S. The Hall–Kier alpha value is -3.44. The molecular weight excluding hydrogens is 472 g/mol. The van der Waals surface area contributed by atoms with Crippen LogP contribution in [0.1, 0.15) is 18.1 Å². The van der Waals surface area contributed by atoms with Crippen molar-refractivity contribution in [2.75, 3.05) is 50.0 Å². The van der Waals surface area contributed by atoms with Gasteiger partial charge in [0.25, 0.3) is 11.8 Å². The fraction of sp³-hybridized carbons (Fsp3) is 0.375. The Morgan fingerprint density at radius 1 is 1.11 bits per heavy atom. The smallest absolute Gasteiger partial charge is 0.260 e. The molecule has 1 saturated heterocycles. The number of anilines is 1. The highest BCUT2D eigenvalue weighted by atomic mass is 32.2. The fourth-order valence-electron chi connectivity index (χ4n) is 3.34. The zero-order chi connectivity index (χ0) is 25.3. The number of benzene rings is 2. The summed E-state index contributed by atoms with van der Waals surface area (Å²) in [7, 11) is -3.66. The molecule has 35 heavy (non-hydrogen) atoms. The first-order chi connectivity index (χ1) is 16.8. The number of hydrogen-bond acceptors (Lipinski definition) is 7. The minimum Gasteiger partial charge on any atom is -0.484 e. The highest BCUT2D eigenvalue weighted by Gasteiger charge is 2.20. The predicted molar refractivity (Wildman–Crippen MR) is 133 cm³/mol. The summed E-state index contributed by atoms with van der Waals surface area (Å²) in [4.78, 5) is 26.2. The van der Waals surface area contributed by atoms with Gasteiger partial charge in [0.1, 0.15) is 12.3 Å². The molecule has 1 N–H and O–H groups in total. The van der Waals surface area contributed by atoms with Crippen molar-refractivity contribution in [2.24, 2.45) is 5.10 Å². The first-order valence-electron chi connectivity index (χ1n) is 11.2. The molecule has 3 rings (SSSR count). The van der Waals surface area contributed by atoms with Crippen molar-refractivity contribution in [3.05, 3.63) is 59.7 Å². The lowest BCUT2D eigenvalue weighted by molar-refractivity contribution is -0.137. The van der Waals surface area contributed by atoms with Crippen molar-refractivity contribution >= 4 is 33.7 Å². The van der Waals surface area contributed by atoms with Crippen LogP contribution in [0.25, 0.3) is 0 Å². The molecule has 2 aromatic rings. The Kier molecular flexibility index (Phi) is 9.21. The molecule has 0 bridgehead atoms. The Labute approximate surface area is 205 Å². The summed E-state index contributed by atoms with van der Waals surface area (Å²) in [5, 5.41) is 3.90. The Morgan fingerprint density at radius 3 is 2.37 bits per heavy atom. The molecule has 1 heterocycles. The number of hydrazone groups is 1. The van der Waals surface area contributed by atoms with Gasteiger partial charge in [0.05, 0.1) is 31.4 Å². The predicted octanol–water partition coefficient (Wildman–Crippen LogP) is 1.40. The molecule has 11 heteroatoms. The van der Waals surface area contributed by atoms with E-state index in [0.29, 0.717) is 43.3 Å². The molecule has 1 fully saturated rings. The minimum atomic E-state index is -3.66. The molecule has 0 unspecified atom stereocenters. The van der Waals surface area contributed by atoms with Gasteiger partial charge in [0.2, 0.25) is 10.0 Å². The second-order valence-corrected chi connectivity index (χ2v) is 9.84. The number of rotatable bonds is 10. The second-order valence-electron chi connectivity index (χ2n) is 7.93. The topological polar surface area (TPSA) is 118 Å². The van der Waals surface area contributed by atoms with Crippen molar-refractivity contribution in [1.82, 2.24) is 10.3 Å². The third-order valence-corrected chi connectivity index (χ3v) is 6.47. The summed E-state index contributed by atoms with van der Waals surface area (Å²) < 4.78 is 36.2. The first kappa shape index (κ1) is 26.2. The zero-order valence-electron chi connectivity index (χ0n) is 19.8. The molecule has 10 nitrogen and oxygen atoms in total. The van der Waals surface area contributed by atoms with Gasteiger partial charge in [-0.2, -0.15) is 5.10 Å². The summed E-state index contributed by atoms with van der Waals surface area (Å²) in [6, 6.07) is 13.8. The van der Waals surface area contributed by atoms with E-state index in [-0.39, 0.29) is 12.5 Å². The van der Waals surface area contributed by atoms with Gasteiger partial charge in [-0.05, 0) is 53.9 Å². The van der Waals surface area contributed by atoms with E-state index in [1.807, 2.05) is 19.1 Å². The van der Waals surface area contributed by atoms with E-state index < -0.39 is 22.5 Å². The van der Waals surface area contributed by atoms with Crippen molar-refractivity contribution in [2.45, 2.75) is 13.3 Å². The van der Waals surface area contributed by atoms with Crippen molar-refractivity contribution in [1.29, 1.82) is 0 Å². The largest absolute Gasteiger partial charge is 0.484 e. The van der Waals surface area contributed by atoms with Crippen LogP contribution in [0.2, 0.25) is 0 Å². The average Bonchev–Trinajstić information content (AvgIpc) is 2.86. The van der Waals surface area contributed by atoms with E-state index in [1.165, 1.54) is 6.21 Å². The monoisotopic (exact) mass is 502 g/mol. The van der Waals surface area contributed by atoms with E-state index in [9.17, 15) is 18.0 Å². The molecule has 0 saturated carbocycles. The SMILES string of the molecule is CCc1ccc(N(CC(=O)N/N=C\c2ccc(OCC(=O)N3CCOCC3)cc2)S(C)(=O)=O)cc1. The summed E-state index contributed by atoms with van der Waals surface area (Å²) in [6.45, 7) is 3.76. The number of hydrogen-bond donors (Lipinski definition) is 1. The lowest BCUT2D eigenvalue weighted by Crippen LogP contribution is -2.42. The van der Waals surface area contributed by atoms with Crippen molar-refractivity contribution in [3.8, 4) is 5.75 Å². The fourth-order valence-corrected chi connectivity index (χ4v) is 4.20. The molecule has 0 spiro atoms. The van der Waals surface area contributed by atoms with Crippen LogP contribution in [-0.4, -0.2) is 77.1 Å². The molecule has 1 aliphatic rings. The number of amides is 2. The molecule has 188 valence electrons. The van der Waals surface area contributed by atoms with Gasteiger partial charge < -0.3 is 14.4 Å². The minimum absolute atomic E-state index is 0.0541. The Bertz CT molecular complexity index is 1130. The molecule has 0 aromatic heterocycles. The van der Waals surface area contributed by atoms with Crippen molar-refractivity contribution < 1.29 is 27.5 Å². The lowest BCUT2D eigenvalue weighted by Gasteiger charge is -2.26. The number of sulfonamides is 1. The summed E-state index contributed by atoms with van der Waals surface area (Å²) >= 11 is 0. The van der Waals surface area contributed by atoms with Crippen molar-refractivity contribution in [3.63, 3.8) is 0 Å². The van der Waals surface area contributed by atoms with Crippen LogP contribution < -0.4 is 14.5 Å². The summed E-state index contributed by atoms with van der Waals surface area (Å²) in [6.07, 6.45) is 3.31. The highest BCUT2D eigenvalue weighted by Crippen LogP contribution is 2.18. The number of carbonyl (C=O) groups excluding carboxylic acids is 2. The van der Waals surface area contributed by atoms with Gasteiger partial charge in [-0.15, -0.1) is 0 Å². The Morgan fingerprint density at radius 2 is 1.77 bits per heavy atom. The first-order valence-corrected chi connectivity index (χ1v) is 13.1. The van der Waals surface area contributed by atoms with E-state index in [2.05, 4.69) is 10.5 Å². The summed E-state index contributed by atoms with van der Waals surface area (Å²) in [5.74, 6) is -0.135. The molecule has 0 radical (unpaired) electrons. The number of nitrogens with one attached hydrogen (secondary N) is 1. The number of nitrogens with zero attached hydrogens (tertiary/aromatic N) is 3. The van der Waals surface area contributed by atoms with Crippen LogP contribution in [0.5, 0.6) is 5.75 Å². The maximum atomic E-state index is 12.3. The van der Waals surface area contributed by atoms with E-state index in [1.54, 1.807) is 41.3 Å². The van der Waals surface area contributed by atoms with Crippen LogP contribution in [0.3, 0.4) is 0 Å².